The minimum absolute atomic E-state index is 0.110. The Bertz CT molecular complexity index is 1680. The van der Waals surface area contributed by atoms with E-state index >= 15 is 0 Å². The van der Waals surface area contributed by atoms with Crippen molar-refractivity contribution in [1.82, 2.24) is 24.6 Å². The number of imidazole rings is 1. The number of sulfone groups is 1. The van der Waals surface area contributed by atoms with Gasteiger partial charge in [-0.2, -0.15) is 9.61 Å². The van der Waals surface area contributed by atoms with Crippen molar-refractivity contribution in [3.8, 4) is 5.88 Å². The molecule has 1 aliphatic rings. The van der Waals surface area contributed by atoms with Crippen LogP contribution in [0.1, 0.15) is 18.5 Å². The van der Waals surface area contributed by atoms with Gasteiger partial charge in [-0.25, -0.2) is 18.2 Å². The molecular weight excluding hydrogens is 470 g/mol. The topological polar surface area (TPSA) is 158 Å². The Morgan fingerprint density at radius 1 is 1.30 bits per heavy atom. The molecule has 3 heterocycles. The van der Waals surface area contributed by atoms with Gasteiger partial charge in [0.2, 0.25) is 5.88 Å². The first-order valence-corrected chi connectivity index (χ1v) is 12.2. The molecule has 1 fully saturated rings. The maximum Gasteiger partial charge on any atom is 0.326 e. The fourth-order valence-corrected chi connectivity index (χ4v) is 4.17. The highest BCUT2D eigenvalue weighted by Gasteiger charge is 2.20. The number of aromatic amines is 2. The van der Waals surface area contributed by atoms with E-state index in [0.717, 1.165) is 19.1 Å². The van der Waals surface area contributed by atoms with E-state index in [1.165, 1.54) is 12.1 Å². The van der Waals surface area contributed by atoms with Gasteiger partial charge in [0, 0.05) is 17.5 Å². The van der Waals surface area contributed by atoms with Crippen LogP contribution < -0.4 is 21.7 Å². The van der Waals surface area contributed by atoms with E-state index in [-0.39, 0.29) is 27.5 Å². The zero-order valence-electron chi connectivity index (χ0n) is 17.2. The number of rotatable bonds is 5. The van der Waals surface area contributed by atoms with Crippen LogP contribution in [-0.4, -0.2) is 50.4 Å². The van der Waals surface area contributed by atoms with Gasteiger partial charge in [-0.15, -0.1) is 0 Å². The third kappa shape index (κ3) is 4.34. The van der Waals surface area contributed by atoms with Crippen LogP contribution in [-0.2, 0) is 9.84 Å². The first kappa shape index (κ1) is 21.2. The van der Waals surface area contributed by atoms with Crippen molar-refractivity contribution in [2.45, 2.75) is 23.8 Å². The molecule has 33 heavy (non-hydrogen) atoms. The fraction of sp³-hybridized carbons (Fsp3) is 0.200. The van der Waals surface area contributed by atoms with E-state index in [4.69, 9.17) is 16.6 Å². The molecule has 0 saturated heterocycles. The predicted octanol–water partition coefficient (Wildman–Crippen LogP) is 0.863. The number of anilines is 2. The number of fused-ring (bicyclic) bond motifs is 1. The molecule has 13 heteroatoms. The molecule has 11 nitrogen and oxygen atoms in total. The van der Waals surface area contributed by atoms with Crippen LogP contribution in [0.2, 0.25) is 5.02 Å². The molecule has 0 amide bonds. The van der Waals surface area contributed by atoms with Gasteiger partial charge >= 0.3 is 5.69 Å². The molecule has 5 rings (SSSR count). The maximum absolute atomic E-state index is 11.8. The van der Waals surface area contributed by atoms with E-state index in [9.17, 15) is 18.3 Å². The van der Waals surface area contributed by atoms with Gasteiger partial charge < -0.3 is 15.4 Å². The second kappa shape index (κ2) is 7.74. The number of aromatic hydroxyl groups is 1. The lowest BCUT2D eigenvalue weighted by molar-refractivity contribution is 0.454. The van der Waals surface area contributed by atoms with Crippen molar-refractivity contribution in [1.29, 1.82) is 0 Å². The van der Waals surface area contributed by atoms with Crippen LogP contribution in [0.3, 0.4) is 0 Å². The molecule has 1 aliphatic carbocycles. The molecular formula is C20H18ClN7O4S. The molecule has 0 unspecified atom stereocenters. The molecule has 0 radical (unpaired) electrons. The third-order valence-electron chi connectivity index (χ3n) is 5.01. The lowest BCUT2D eigenvalue weighted by Crippen LogP contribution is -2.20. The summed E-state index contributed by atoms with van der Waals surface area (Å²) in [6.07, 6.45) is 6.19. The standard InChI is InChI=1S/C20H18ClN7O4S/c1-33(31,32)12-4-5-14(13(21)7-12)24-16-8-17(23-11-2-3-11)28-18(26-16)10(9-22-28)6-15-19(29)27-20(30)25-15/h4-9,11,24,29H,2-3H2,1H3,(H2,25,27,30)/b10-6-,23-17?. The highest BCUT2D eigenvalue weighted by Crippen LogP contribution is 2.27. The summed E-state index contributed by atoms with van der Waals surface area (Å²) in [7, 11) is -3.39. The number of nitrogens with one attached hydrogen (secondary N) is 3. The Kier molecular flexibility index (Phi) is 4.98. The summed E-state index contributed by atoms with van der Waals surface area (Å²) in [5.41, 5.74) is 1.12. The Hall–Kier alpha value is -3.64. The summed E-state index contributed by atoms with van der Waals surface area (Å²) in [6.45, 7) is 0. The van der Waals surface area contributed by atoms with Gasteiger partial charge in [0.15, 0.2) is 21.0 Å². The number of benzene rings is 1. The quantitative estimate of drug-likeness (QED) is 0.325. The van der Waals surface area contributed by atoms with Gasteiger partial charge in [-0.3, -0.25) is 9.98 Å². The van der Waals surface area contributed by atoms with Crippen LogP contribution in [0.25, 0.3) is 11.7 Å². The molecule has 0 spiro atoms. The highest BCUT2D eigenvalue weighted by molar-refractivity contribution is 7.90. The molecule has 0 atom stereocenters. The lowest BCUT2D eigenvalue weighted by Gasteiger charge is -2.09. The van der Waals surface area contributed by atoms with Gasteiger partial charge in [0.1, 0.15) is 11.5 Å². The average molecular weight is 488 g/mol. The number of aromatic nitrogens is 5. The van der Waals surface area contributed by atoms with E-state index < -0.39 is 15.5 Å². The smallest absolute Gasteiger partial charge is 0.326 e. The molecule has 4 aromatic rings. The number of hydrogen-bond acceptors (Lipinski definition) is 8. The Morgan fingerprint density at radius 3 is 2.73 bits per heavy atom. The van der Waals surface area contributed by atoms with Crippen LogP contribution in [0, 0.1) is 0 Å². The number of hydrogen-bond donors (Lipinski definition) is 4. The van der Waals surface area contributed by atoms with Crippen molar-refractivity contribution in [3.63, 3.8) is 0 Å². The van der Waals surface area contributed by atoms with E-state index in [0.29, 0.717) is 27.9 Å². The monoisotopic (exact) mass is 487 g/mol. The average Bonchev–Trinajstić information content (AvgIpc) is 3.37. The van der Waals surface area contributed by atoms with Gasteiger partial charge in [-0.1, -0.05) is 11.6 Å². The summed E-state index contributed by atoms with van der Waals surface area (Å²) >= 11 is 6.31. The minimum atomic E-state index is -3.39. The van der Waals surface area contributed by atoms with Crippen molar-refractivity contribution in [2.75, 3.05) is 11.6 Å². The third-order valence-corrected chi connectivity index (χ3v) is 6.43. The number of H-pyrrole nitrogens is 2. The summed E-state index contributed by atoms with van der Waals surface area (Å²) in [4.78, 5) is 25.6. The predicted molar refractivity (Wildman–Crippen MR) is 121 cm³/mol. The Balaban J connectivity index is 1.64. The minimum Gasteiger partial charge on any atom is -0.493 e. The molecule has 4 N–H and O–H groups in total. The molecule has 1 saturated carbocycles. The lowest BCUT2D eigenvalue weighted by atomic mass is 10.3. The summed E-state index contributed by atoms with van der Waals surface area (Å²) in [5, 5.41) is 18.1. The first-order valence-electron chi connectivity index (χ1n) is 9.89. The van der Waals surface area contributed by atoms with E-state index in [1.807, 2.05) is 0 Å². The first-order chi connectivity index (χ1) is 15.7. The van der Waals surface area contributed by atoms with E-state index in [1.54, 1.807) is 28.9 Å². The van der Waals surface area contributed by atoms with Crippen LogP contribution in [0.15, 0.2) is 45.1 Å². The second-order valence-electron chi connectivity index (χ2n) is 7.72. The maximum atomic E-state index is 11.8. The van der Waals surface area contributed by atoms with Crippen molar-refractivity contribution < 1.29 is 13.5 Å². The molecule has 0 bridgehead atoms. The Labute approximate surface area is 191 Å². The van der Waals surface area contributed by atoms with Crippen molar-refractivity contribution >= 4 is 44.7 Å². The molecule has 1 aromatic carbocycles. The summed E-state index contributed by atoms with van der Waals surface area (Å²) < 4.78 is 25.1. The molecule has 3 aromatic heterocycles. The van der Waals surface area contributed by atoms with Crippen LogP contribution >= 0.6 is 11.6 Å². The Morgan fingerprint density at radius 2 is 2.09 bits per heavy atom. The summed E-state index contributed by atoms with van der Waals surface area (Å²) in [5.74, 6) is 0.118. The normalized spacial score (nSPS) is 15.5. The van der Waals surface area contributed by atoms with Gasteiger partial charge in [-0.05, 0) is 37.1 Å². The van der Waals surface area contributed by atoms with Crippen LogP contribution in [0.5, 0.6) is 5.88 Å². The number of halogens is 1. The van der Waals surface area contributed by atoms with Crippen molar-refractivity contribution in [3.05, 3.63) is 62.4 Å². The van der Waals surface area contributed by atoms with Crippen LogP contribution in [0.4, 0.5) is 11.5 Å². The second-order valence-corrected chi connectivity index (χ2v) is 10.1. The zero-order valence-corrected chi connectivity index (χ0v) is 18.8. The SMILES string of the molecule is CS(=O)(=O)c1ccc(Nc2cc(=NC3CC3)n3nc/c(=C/c4[nH]c(=O)[nH]c4O)c3n2)c(Cl)c1. The fourth-order valence-electron chi connectivity index (χ4n) is 3.23. The summed E-state index contributed by atoms with van der Waals surface area (Å²) in [6, 6.07) is 6.33. The van der Waals surface area contributed by atoms with Gasteiger partial charge in [0.05, 0.1) is 27.8 Å². The largest absolute Gasteiger partial charge is 0.493 e. The zero-order chi connectivity index (χ0) is 23.3. The van der Waals surface area contributed by atoms with E-state index in [2.05, 4.69) is 25.4 Å². The van der Waals surface area contributed by atoms with Gasteiger partial charge in [0.25, 0.3) is 0 Å². The number of nitrogens with zero attached hydrogens (tertiary/aromatic N) is 4. The molecule has 0 aliphatic heterocycles. The highest BCUT2D eigenvalue weighted by atomic mass is 35.5. The van der Waals surface area contributed by atoms with Crippen molar-refractivity contribution in [2.24, 2.45) is 4.99 Å². The molecule has 170 valence electrons.